The highest BCUT2D eigenvalue weighted by Crippen LogP contribution is 2.46. The van der Waals surface area contributed by atoms with Crippen LogP contribution in [0.3, 0.4) is 0 Å². The predicted molar refractivity (Wildman–Crippen MR) is 91.6 cm³/mol. The molecular formula is C16H19IN2O4. The number of ether oxygens (including phenoxy) is 2. The molecule has 2 atom stereocenters. The monoisotopic (exact) mass is 430 g/mol. The number of amides is 1. The van der Waals surface area contributed by atoms with E-state index in [4.69, 9.17) is 9.47 Å². The van der Waals surface area contributed by atoms with Crippen LogP contribution in [0, 0.1) is 0 Å². The summed E-state index contributed by atoms with van der Waals surface area (Å²) in [5, 5.41) is 0. The molecule has 3 rings (SSSR count). The van der Waals surface area contributed by atoms with Gasteiger partial charge in [0, 0.05) is 25.7 Å². The largest absolute Gasteiger partial charge is 0.448 e. The maximum absolute atomic E-state index is 12.2. The standard InChI is InChI=1S/C16H19IN2O4/c1-15(2,3)23-14(21)19-8-6-16(11(17)9-19)12-10(13(20)22-16)5-4-7-18-12/h4-5,7,11H,6,8-9H2,1-3H3. The Morgan fingerprint density at radius 2 is 2.26 bits per heavy atom. The Bertz CT molecular complexity index is 658. The van der Waals surface area contributed by atoms with Crippen molar-refractivity contribution in [1.29, 1.82) is 0 Å². The van der Waals surface area contributed by atoms with Gasteiger partial charge in [0.15, 0.2) is 5.60 Å². The zero-order valence-corrected chi connectivity index (χ0v) is 15.5. The number of alkyl halides is 1. The molecule has 2 aliphatic rings. The number of fused-ring (bicyclic) bond motifs is 2. The summed E-state index contributed by atoms with van der Waals surface area (Å²) in [5.41, 5.74) is -0.0543. The van der Waals surface area contributed by atoms with Gasteiger partial charge in [-0.1, -0.05) is 22.6 Å². The number of likely N-dealkylation sites (tertiary alicyclic amines) is 1. The van der Waals surface area contributed by atoms with Gasteiger partial charge in [0.2, 0.25) is 0 Å². The summed E-state index contributed by atoms with van der Waals surface area (Å²) in [7, 11) is 0. The second-order valence-electron chi connectivity index (χ2n) is 6.82. The van der Waals surface area contributed by atoms with Gasteiger partial charge >= 0.3 is 12.1 Å². The number of piperidine rings is 1. The van der Waals surface area contributed by atoms with E-state index in [1.165, 1.54) is 0 Å². The topological polar surface area (TPSA) is 68.7 Å². The Hall–Kier alpha value is -1.38. The summed E-state index contributed by atoms with van der Waals surface area (Å²) in [4.78, 5) is 30.4. The zero-order chi connectivity index (χ0) is 16.8. The van der Waals surface area contributed by atoms with Gasteiger partial charge in [-0.15, -0.1) is 0 Å². The van der Waals surface area contributed by atoms with E-state index in [9.17, 15) is 9.59 Å². The van der Waals surface area contributed by atoms with Crippen LogP contribution >= 0.6 is 22.6 Å². The van der Waals surface area contributed by atoms with Crippen molar-refractivity contribution in [2.24, 2.45) is 0 Å². The lowest BCUT2D eigenvalue weighted by Crippen LogP contribution is -2.53. The van der Waals surface area contributed by atoms with Crippen LogP contribution in [0.15, 0.2) is 18.3 Å². The van der Waals surface area contributed by atoms with Gasteiger partial charge in [-0.2, -0.15) is 0 Å². The number of carbonyl (C=O) groups excluding carboxylic acids is 2. The lowest BCUT2D eigenvalue weighted by atomic mass is 9.87. The minimum absolute atomic E-state index is 0.0820. The SMILES string of the molecule is CC(C)(C)OC(=O)N1CCC2(OC(=O)c3cccnc32)C(I)C1. The van der Waals surface area contributed by atoms with Crippen molar-refractivity contribution >= 4 is 34.7 Å². The van der Waals surface area contributed by atoms with Gasteiger partial charge in [0.05, 0.1) is 15.2 Å². The van der Waals surface area contributed by atoms with Crippen molar-refractivity contribution in [3.8, 4) is 0 Å². The van der Waals surface area contributed by atoms with Crippen molar-refractivity contribution in [1.82, 2.24) is 9.88 Å². The average molecular weight is 430 g/mol. The smallest absolute Gasteiger partial charge is 0.410 e. The summed E-state index contributed by atoms with van der Waals surface area (Å²) in [6, 6.07) is 3.47. The first kappa shape index (κ1) is 16.5. The molecule has 3 heterocycles. The Morgan fingerprint density at radius 1 is 1.52 bits per heavy atom. The average Bonchev–Trinajstić information content (AvgIpc) is 2.75. The van der Waals surface area contributed by atoms with Crippen LogP contribution < -0.4 is 0 Å². The number of nitrogens with zero attached hydrogens (tertiary/aromatic N) is 2. The van der Waals surface area contributed by atoms with Crippen LogP contribution in [-0.2, 0) is 15.1 Å². The molecule has 0 aliphatic carbocycles. The fraction of sp³-hybridized carbons (Fsp3) is 0.562. The Labute approximate surface area is 148 Å². The van der Waals surface area contributed by atoms with E-state index in [-0.39, 0.29) is 16.0 Å². The molecule has 0 saturated carbocycles. The highest BCUT2D eigenvalue weighted by molar-refractivity contribution is 14.1. The van der Waals surface area contributed by atoms with Crippen LogP contribution in [0.4, 0.5) is 4.79 Å². The maximum Gasteiger partial charge on any atom is 0.410 e. The lowest BCUT2D eigenvalue weighted by Gasteiger charge is -2.41. The van der Waals surface area contributed by atoms with E-state index in [0.717, 1.165) is 0 Å². The number of pyridine rings is 1. The molecule has 2 aliphatic heterocycles. The van der Waals surface area contributed by atoms with Crippen molar-refractivity contribution < 1.29 is 19.1 Å². The highest BCUT2D eigenvalue weighted by Gasteiger charge is 2.54. The third kappa shape index (κ3) is 2.90. The number of hydrogen-bond acceptors (Lipinski definition) is 5. The minimum Gasteiger partial charge on any atom is -0.448 e. The van der Waals surface area contributed by atoms with E-state index >= 15 is 0 Å². The first-order chi connectivity index (χ1) is 10.7. The number of esters is 1. The molecule has 1 fully saturated rings. The van der Waals surface area contributed by atoms with E-state index < -0.39 is 11.2 Å². The van der Waals surface area contributed by atoms with Crippen molar-refractivity contribution in [2.45, 2.75) is 42.3 Å². The van der Waals surface area contributed by atoms with Crippen molar-refractivity contribution in [3.05, 3.63) is 29.6 Å². The van der Waals surface area contributed by atoms with E-state index in [0.29, 0.717) is 30.8 Å². The molecule has 1 aromatic rings. The van der Waals surface area contributed by atoms with Crippen LogP contribution in [0.5, 0.6) is 0 Å². The summed E-state index contributed by atoms with van der Waals surface area (Å²) in [6.07, 6.45) is 1.86. The van der Waals surface area contributed by atoms with Gasteiger partial charge in [0.1, 0.15) is 5.60 Å². The highest BCUT2D eigenvalue weighted by atomic mass is 127. The maximum atomic E-state index is 12.2. The summed E-state index contributed by atoms with van der Waals surface area (Å²) in [5.74, 6) is -0.333. The fourth-order valence-electron chi connectivity index (χ4n) is 2.94. The molecule has 7 heteroatoms. The van der Waals surface area contributed by atoms with Gasteiger partial charge in [-0.25, -0.2) is 9.59 Å². The lowest BCUT2D eigenvalue weighted by molar-refractivity contribution is -0.0414. The predicted octanol–water partition coefficient (Wildman–Crippen LogP) is 2.89. The second-order valence-corrected chi connectivity index (χ2v) is 8.33. The number of halogens is 1. The van der Waals surface area contributed by atoms with Crippen molar-refractivity contribution in [2.75, 3.05) is 13.1 Å². The van der Waals surface area contributed by atoms with Crippen LogP contribution in [0.2, 0.25) is 0 Å². The minimum atomic E-state index is -0.743. The van der Waals surface area contributed by atoms with E-state index in [1.54, 1.807) is 23.2 Å². The molecule has 1 spiro atoms. The van der Waals surface area contributed by atoms with Crippen LogP contribution in [0.25, 0.3) is 0 Å². The van der Waals surface area contributed by atoms with E-state index in [2.05, 4.69) is 27.6 Å². The molecule has 0 N–H and O–H groups in total. The number of carbonyl (C=O) groups is 2. The normalized spacial score (nSPS) is 26.9. The molecule has 1 aromatic heterocycles. The number of hydrogen-bond donors (Lipinski definition) is 0. The number of rotatable bonds is 0. The molecule has 1 amide bonds. The first-order valence-electron chi connectivity index (χ1n) is 7.54. The Kier molecular flexibility index (Phi) is 4.02. The van der Waals surface area contributed by atoms with Crippen LogP contribution in [-0.4, -0.2) is 44.6 Å². The first-order valence-corrected chi connectivity index (χ1v) is 8.78. The van der Waals surface area contributed by atoms with Gasteiger partial charge < -0.3 is 14.4 Å². The van der Waals surface area contributed by atoms with Gasteiger partial charge in [-0.3, -0.25) is 4.98 Å². The summed E-state index contributed by atoms with van der Waals surface area (Å²) >= 11 is 2.24. The van der Waals surface area contributed by atoms with Crippen molar-refractivity contribution in [3.63, 3.8) is 0 Å². The molecule has 0 aromatic carbocycles. The van der Waals surface area contributed by atoms with Gasteiger partial charge in [0.25, 0.3) is 0 Å². The molecule has 1 saturated heterocycles. The molecule has 2 unspecified atom stereocenters. The molecule has 124 valence electrons. The molecule has 6 nitrogen and oxygen atoms in total. The molecule has 0 bridgehead atoms. The molecule has 0 radical (unpaired) electrons. The van der Waals surface area contributed by atoms with Gasteiger partial charge in [-0.05, 0) is 32.9 Å². The Morgan fingerprint density at radius 3 is 2.91 bits per heavy atom. The van der Waals surface area contributed by atoms with E-state index in [1.807, 2.05) is 20.8 Å². The summed E-state index contributed by atoms with van der Waals surface area (Å²) < 4.78 is 11.1. The third-order valence-corrected chi connectivity index (χ3v) is 5.39. The Balaban J connectivity index is 1.80. The quantitative estimate of drug-likeness (QED) is 0.360. The molecule has 23 heavy (non-hydrogen) atoms. The van der Waals surface area contributed by atoms with Crippen LogP contribution in [0.1, 0.15) is 43.2 Å². The zero-order valence-electron chi connectivity index (χ0n) is 13.3. The number of aromatic nitrogens is 1. The second kappa shape index (κ2) is 5.61. The summed E-state index contributed by atoms with van der Waals surface area (Å²) in [6.45, 7) is 6.46. The third-order valence-electron chi connectivity index (χ3n) is 3.99. The molecular weight excluding hydrogens is 411 g/mol. The fourth-order valence-corrected chi connectivity index (χ4v) is 4.15.